The Bertz CT molecular complexity index is 663. The van der Waals surface area contributed by atoms with E-state index in [9.17, 15) is 0 Å². The maximum absolute atomic E-state index is 5.74. The highest BCUT2D eigenvalue weighted by molar-refractivity contribution is 7.10. The van der Waals surface area contributed by atoms with E-state index in [1.165, 1.54) is 16.0 Å². The van der Waals surface area contributed by atoms with Gasteiger partial charge in [-0.2, -0.15) is 0 Å². The van der Waals surface area contributed by atoms with E-state index in [0.717, 1.165) is 44.1 Å². The molecule has 3 rings (SSSR count). The summed E-state index contributed by atoms with van der Waals surface area (Å²) in [5.41, 5.74) is 2.50. The van der Waals surface area contributed by atoms with E-state index < -0.39 is 0 Å². The number of nitrogens with zero attached hydrogens (tertiary/aromatic N) is 1. The molecule has 0 bridgehead atoms. The maximum atomic E-state index is 5.74. The van der Waals surface area contributed by atoms with Gasteiger partial charge in [0, 0.05) is 30.1 Å². The van der Waals surface area contributed by atoms with Crippen LogP contribution in [0.25, 0.3) is 0 Å². The van der Waals surface area contributed by atoms with Gasteiger partial charge in [0.05, 0.1) is 20.3 Å². The number of aryl methyl sites for hydroxylation is 1. The van der Waals surface area contributed by atoms with Crippen molar-refractivity contribution in [3.63, 3.8) is 0 Å². The van der Waals surface area contributed by atoms with Crippen LogP contribution in [0.2, 0.25) is 0 Å². The summed E-state index contributed by atoms with van der Waals surface area (Å²) in [5.74, 6) is 1.63. The summed E-state index contributed by atoms with van der Waals surface area (Å²) < 4.78 is 11.3. The van der Waals surface area contributed by atoms with Crippen LogP contribution in [0.15, 0.2) is 29.6 Å². The lowest BCUT2D eigenvalue weighted by molar-refractivity contribution is 0.237. The van der Waals surface area contributed by atoms with Gasteiger partial charge in [-0.3, -0.25) is 4.90 Å². The number of para-hydroxylation sites is 1. The first-order chi connectivity index (χ1) is 11.7. The average molecular weight is 346 g/mol. The first-order valence-corrected chi connectivity index (χ1v) is 9.33. The molecule has 0 spiro atoms. The van der Waals surface area contributed by atoms with Crippen molar-refractivity contribution in [1.82, 2.24) is 10.2 Å². The molecule has 4 nitrogen and oxygen atoms in total. The summed E-state index contributed by atoms with van der Waals surface area (Å²) >= 11 is 1.83. The molecule has 1 aromatic carbocycles. The molecule has 1 atom stereocenters. The molecule has 1 aliphatic heterocycles. The van der Waals surface area contributed by atoms with Crippen molar-refractivity contribution in [2.24, 2.45) is 0 Å². The summed E-state index contributed by atoms with van der Waals surface area (Å²) in [5, 5.41) is 5.72. The van der Waals surface area contributed by atoms with Gasteiger partial charge in [-0.1, -0.05) is 12.1 Å². The van der Waals surface area contributed by atoms with Crippen LogP contribution in [0.4, 0.5) is 0 Å². The fourth-order valence-electron chi connectivity index (χ4n) is 3.38. The van der Waals surface area contributed by atoms with Crippen molar-refractivity contribution in [2.75, 3.05) is 40.4 Å². The number of ether oxygens (including phenoxy) is 2. The lowest BCUT2D eigenvalue weighted by atomic mass is 10.0. The molecular formula is C19H26N2O2S. The molecule has 1 fully saturated rings. The second-order valence-corrected chi connectivity index (χ2v) is 7.09. The molecule has 2 heterocycles. The summed E-state index contributed by atoms with van der Waals surface area (Å²) in [6, 6.07) is 8.68. The van der Waals surface area contributed by atoms with Gasteiger partial charge in [0.25, 0.3) is 0 Å². The number of benzene rings is 1. The Morgan fingerprint density at radius 2 is 2.04 bits per heavy atom. The van der Waals surface area contributed by atoms with Crippen LogP contribution in [0, 0.1) is 6.92 Å². The summed E-state index contributed by atoms with van der Waals surface area (Å²) in [7, 11) is 3.42. The van der Waals surface area contributed by atoms with E-state index >= 15 is 0 Å². The quantitative estimate of drug-likeness (QED) is 0.899. The molecule has 1 N–H and O–H groups in total. The second-order valence-electron chi connectivity index (χ2n) is 6.15. The van der Waals surface area contributed by atoms with Gasteiger partial charge in [0.1, 0.15) is 0 Å². The van der Waals surface area contributed by atoms with Crippen LogP contribution in [-0.2, 0) is 0 Å². The van der Waals surface area contributed by atoms with Crippen molar-refractivity contribution < 1.29 is 9.47 Å². The average Bonchev–Trinajstić information content (AvgIpc) is 2.86. The Hall–Kier alpha value is -1.56. The minimum atomic E-state index is 0.202. The summed E-state index contributed by atoms with van der Waals surface area (Å²) in [6.45, 7) is 6.37. The number of nitrogens with one attached hydrogen (secondary N) is 1. The van der Waals surface area contributed by atoms with E-state index in [1.54, 1.807) is 14.2 Å². The van der Waals surface area contributed by atoms with Gasteiger partial charge in [0.15, 0.2) is 11.5 Å². The zero-order valence-electron chi connectivity index (χ0n) is 14.7. The standard InChI is InChI=1S/C19H26N2O2S/c1-14-12-17(24-13-14)18(21-10-5-8-20-9-11-21)15-6-4-7-16(22-2)19(15)23-3/h4,6-7,12-13,18,20H,5,8-11H2,1-3H3. The second kappa shape index (κ2) is 8.01. The molecule has 1 unspecified atom stereocenters. The molecule has 0 amide bonds. The topological polar surface area (TPSA) is 33.7 Å². The minimum Gasteiger partial charge on any atom is -0.493 e. The lowest BCUT2D eigenvalue weighted by Crippen LogP contribution is -2.32. The largest absolute Gasteiger partial charge is 0.493 e. The van der Waals surface area contributed by atoms with Crippen LogP contribution in [0.5, 0.6) is 11.5 Å². The SMILES string of the molecule is COc1cccc(C(c2cc(C)cs2)N2CCCNCC2)c1OC. The zero-order valence-corrected chi connectivity index (χ0v) is 15.5. The molecule has 130 valence electrons. The number of hydrogen-bond acceptors (Lipinski definition) is 5. The lowest BCUT2D eigenvalue weighted by Gasteiger charge is -2.31. The molecule has 0 saturated carbocycles. The Morgan fingerprint density at radius 3 is 2.75 bits per heavy atom. The molecule has 1 aromatic heterocycles. The van der Waals surface area contributed by atoms with Gasteiger partial charge >= 0.3 is 0 Å². The van der Waals surface area contributed by atoms with Crippen LogP contribution in [0.3, 0.4) is 0 Å². The normalized spacial score (nSPS) is 17.3. The third-order valence-corrected chi connectivity index (χ3v) is 5.59. The van der Waals surface area contributed by atoms with Gasteiger partial charge in [-0.25, -0.2) is 0 Å². The summed E-state index contributed by atoms with van der Waals surface area (Å²) in [4.78, 5) is 3.92. The molecule has 1 saturated heterocycles. The highest BCUT2D eigenvalue weighted by atomic mass is 32.1. The predicted octanol–water partition coefficient (Wildman–Crippen LogP) is 3.46. The minimum absolute atomic E-state index is 0.202. The Balaban J connectivity index is 2.07. The van der Waals surface area contributed by atoms with Crippen molar-refractivity contribution >= 4 is 11.3 Å². The smallest absolute Gasteiger partial charge is 0.165 e. The first kappa shape index (κ1) is 17.3. The van der Waals surface area contributed by atoms with E-state index in [-0.39, 0.29) is 6.04 Å². The Labute approximate surface area is 148 Å². The van der Waals surface area contributed by atoms with Gasteiger partial charge < -0.3 is 14.8 Å². The van der Waals surface area contributed by atoms with Gasteiger partial charge in [0.2, 0.25) is 0 Å². The number of hydrogen-bond donors (Lipinski definition) is 1. The third kappa shape index (κ3) is 3.58. The Kier molecular flexibility index (Phi) is 5.76. The monoisotopic (exact) mass is 346 g/mol. The van der Waals surface area contributed by atoms with E-state index in [1.807, 2.05) is 17.4 Å². The van der Waals surface area contributed by atoms with Crippen LogP contribution >= 0.6 is 11.3 Å². The number of thiophene rings is 1. The van der Waals surface area contributed by atoms with Crippen molar-refractivity contribution in [3.05, 3.63) is 45.6 Å². The van der Waals surface area contributed by atoms with Crippen molar-refractivity contribution in [3.8, 4) is 11.5 Å². The molecule has 5 heteroatoms. The maximum Gasteiger partial charge on any atom is 0.165 e. The summed E-state index contributed by atoms with van der Waals surface area (Å²) in [6.07, 6.45) is 1.16. The van der Waals surface area contributed by atoms with E-state index in [4.69, 9.17) is 9.47 Å². The molecule has 2 aromatic rings. The molecule has 0 radical (unpaired) electrons. The zero-order chi connectivity index (χ0) is 16.9. The first-order valence-electron chi connectivity index (χ1n) is 8.45. The fourth-order valence-corrected chi connectivity index (χ4v) is 4.43. The molecular weight excluding hydrogens is 320 g/mol. The molecule has 1 aliphatic rings. The highest BCUT2D eigenvalue weighted by Gasteiger charge is 2.28. The van der Waals surface area contributed by atoms with Crippen LogP contribution in [0.1, 0.15) is 28.5 Å². The Morgan fingerprint density at radius 1 is 1.17 bits per heavy atom. The van der Waals surface area contributed by atoms with E-state index in [0.29, 0.717) is 0 Å². The van der Waals surface area contributed by atoms with Crippen LogP contribution < -0.4 is 14.8 Å². The molecule has 0 aliphatic carbocycles. The molecule has 24 heavy (non-hydrogen) atoms. The third-order valence-electron chi connectivity index (χ3n) is 4.49. The predicted molar refractivity (Wildman–Crippen MR) is 99.5 cm³/mol. The van der Waals surface area contributed by atoms with Crippen molar-refractivity contribution in [2.45, 2.75) is 19.4 Å². The van der Waals surface area contributed by atoms with Gasteiger partial charge in [-0.15, -0.1) is 11.3 Å². The van der Waals surface area contributed by atoms with Gasteiger partial charge in [-0.05, 0) is 43.0 Å². The van der Waals surface area contributed by atoms with E-state index in [2.05, 4.69) is 40.7 Å². The van der Waals surface area contributed by atoms with Crippen molar-refractivity contribution in [1.29, 1.82) is 0 Å². The number of rotatable bonds is 5. The van der Waals surface area contributed by atoms with Crippen LogP contribution in [-0.4, -0.2) is 45.3 Å². The highest BCUT2D eigenvalue weighted by Crippen LogP contribution is 2.41. The number of methoxy groups -OCH3 is 2. The fraction of sp³-hybridized carbons (Fsp3) is 0.474.